The normalized spacial score (nSPS) is 10.1. The van der Waals surface area contributed by atoms with E-state index in [1.807, 2.05) is 0 Å². The van der Waals surface area contributed by atoms with E-state index in [0.29, 0.717) is 24.3 Å². The minimum Gasteiger partial charge on any atom is -0.394 e. The number of aliphatic hydroxyl groups is 1. The van der Waals surface area contributed by atoms with Crippen LogP contribution < -0.4 is 11.1 Å². The Morgan fingerprint density at radius 2 is 2.00 bits per heavy atom. The Morgan fingerprint density at radius 3 is 2.67 bits per heavy atom. The van der Waals surface area contributed by atoms with Gasteiger partial charge in [-0.3, -0.25) is 9.59 Å². The standard InChI is InChI=1S/C12H16N2O4/c13-11(16)9-2-1-3-10(8-9)12(17)14-4-6-18-7-5-15/h1-3,8,15H,4-7H2,(H2,13,16)(H,14,17). The molecule has 1 aromatic rings. The SMILES string of the molecule is NC(=O)c1cccc(C(=O)NCCOCCO)c1. The molecule has 0 unspecified atom stereocenters. The first kappa shape index (κ1) is 14.1. The molecule has 0 spiro atoms. The Bertz CT molecular complexity index is 420. The van der Waals surface area contributed by atoms with E-state index in [9.17, 15) is 9.59 Å². The Labute approximate surface area is 105 Å². The summed E-state index contributed by atoms with van der Waals surface area (Å²) in [4.78, 5) is 22.6. The van der Waals surface area contributed by atoms with Gasteiger partial charge in [0.15, 0.2) is 0 Å². The van der Waals surface area contributed by atoms with Gasteiger partial charge in [0.25, 0.3) is 5.91 Å². The van der Waals surface area contributed by atoms with Crippen LogP contribution in [0.25, 0.3) is 0 Å². The molecule has 4 N–H and O–H groups in total. The average Bonchev–Trinajstić information content (AvgIpc) is 2.38. The van der Waals surface area contributed by atoms with Gasteiger partial charge in [-0.2, -0.15) is 0 Å². The molecule has 0 bridgehead atoms. The zero-order valence-electron chi connectivity index (χ0n) is 9.89. The van der Waals surface area contributed by atoms with E-state index in [1.54, 1.807) is 18.2 Å². The molecule has 0 aliphatic rings. The summed E-state index contributed by atoms with van der Waals surface area (Å²) in [6, 6.07) is 6.17. The molecule has 98 valence electrons. The highest BCUT2D eigenvalue weighted by atomic mass is 16.5. The summed E-state index contributed by atoms with van der Waals surface area (Å²) in [7, 11) is 0. The third-order valence-electron chi connectivity index (χ3n) is 2.18. The first-order chi connectivity index (χ1) is 8.65. The Balaban J connectivity index is 2.46. The van der Waals surface area contributed by atoms with Gasteiger partial charge < -0.3 is 20.9 Å². The molecule has 0 heterocycles. The van der Waals surface area contributed by atoms with Crippen molar-refractivity contribution in [2.45, 2.75) is 0 Å². The summed E-state index contributed by atoms with van der Waals surface area (Å²) in [5, 5.41) is 11.1. The summed E-state index contributed by atoms with van der Waals surface area (Å²) in [6.45, 7) is 0.850. The van der Waals surface area contributed by atoms with Crippen molar-refractivity contribution in [3.63, 3.8) is 0 Å². The maximum absolute atomic E-state index is 11.7. The third-order valence-corrected chi connectivity index (χ3v) is 2.18. The van der Waals surface area contributed by atoms with E-state index in [-0.39, 0.29) is 19.1 Å². The van der Waals surface area contributed by atoms with Crippen LogP contribution in [0.5, 0.6) is 0 Å². The van der Waals surface area contributed by atoms with Crippen LogP contribution in [0, 0.1) is 0 Å². The van der Waals surface area contributed by atoms with Crippen LogP contribution in [0.2, 0.25) is 0 Å². The van der Waals surface area contributed by atoms with Crippen LogP contribution >= 0.6 is 0 Å². The maximum atomic E-state index is 11.7. The number of amides is 2. The number of nitrogens with two attached hydrogens (primary N) is 1. The zero-order valence-corrected chi connectivity index (χ0v) is 9.89. The van der Waals surface area contributed by atoms with Gasteiger partial charge in [0, 0.05) is 17.7 Å². The first-order valence-corrected chi connectivity index (χ1v) is 5.52. The van der Waals surface area contributed by atoms with E-state index in [1.165, 1.54) is 6.07 Å². The number of benzene rings is 1. The molecule has 0 aliphatic carbocycles. The number of carbonyl (C=O) groups excluding carboxylic acids is 2. The highest BCUT2D eigenvalue weighted by Crippen LogP contribution is 2.04. The summed E-state index contributed by atoms with van der Waals surface area (Å²) >= 11 is 0. The van der Waals surface area contributed by atoms with Gasteiger partial charge in [-0.05, 0) is 18.2 Å². The van der Waals surface area contributed by atoms with Crippen molar-refractivity contribution in [2.75, 3.05) is 26.4 Å². The van der Waals surface area contributed by atoms with Gasteiger partial charge in [0.05, 0.1) is 19.8 Å². The lowest BCUT2D eigenvalue weighted by Crippen LogP contribution is -2.27. The largest absolute Gasteiger partial charge is 0.394 e. The number of rotatable bonds is 7. The first-order valence-electron chi connectivity index (χ1n) is 5.52. The average molecular weight is 252 g/mol. The molecule has 0 aliphatic heterocycles. The van der Waals surface area contributed by atoms with E-state index in [2.05, 4.69) is 5.32 Å². The Hall–Kier alpha value is -1.92. The molecule has 1 aromatic carbocycles. The minimum absolute atomic E-state index is 0.0470. The lowest BCUT2D eigenvalue weighted by molar-refractivity contribution is 0.0838. The van der Waals surface area contributed by atoms with Crippen LogP contribution in [0.1, 0.15) is 20.7 Å². The van der Waals surface area contributed by atoms with Crippen molar-refractivity contribution in [3.8, 4) is 0 Å². The number of hydrogen-bond donors (Lipinski definition) is 3. The molecular weight excluding hydrogens is 236 g/mol. The maximum Gasteiger partial charge on any atom is 0.251 e. The van der Waals surface area contributed by atoms with E-state index in [0.717, 1.165) is 0 Å². The molecule has 6 nitrogen and oxygen atoms in total. The minimum atomic E-state index is -0.573. The lowest BCUT2D eigenvalue weighted by atomic mass is 10.1. The molecule has 2 amide bonds. The monoisotopic (exact) mass is 252 g/mol. The summed E-state index contributed by atoms with van der Waals surface area (Å²) < 4.78 is 4.99. The van der Waals surface area contributed by atoms with Gasteiger partial charge in [-0.1, -0.05) is 6.07 Å². The zero-order chi connectivity index (χ0) is 13.4. The van der Waals surface area contributed by atoms with Gasteiger partial charge in [0.1, 0.15) is 0 Å². The molecule has 18 heavy (non-hydrogen) atoms. The van der Waals surface area contributed by atoms with E-state index in [4.69, 9.17) is 15.6 Å². The fraction of sp³-hybridized carbons (Fsp3) is 0.333. The van der Waals surface area contributed by atoms with E-state index < -0.39 is 5.91 Å². The van der Waals surface area contributed by atoms with Crippen molar-refractivity contribution in [1.29, 1.82) is 0 Å². The molecule has 1 rings (SSSR count). The molecule has 0 radical (unpaired) electrons. The number of aliphatic hydroxyl groups excluding tert-OH is 1. The second-order valence-corrected chi connectivity index (χ2v) is 3.54. The van der Waals surface area contributed by atoms with Crippen molar-refractivity contribution in [1.82, 2.24) is 5.32 Å². The Kier molecular flexibility index (Phi) is 5.83. The molecule has 0 atom stereocenters. The van der Waals surface area contributed by atoms with Gasteiger partial charge in [-0.15, -0.1) is 0 Å². The van der Waals surface area contributed by atoms with Crippen molar-refractivity contribution in [3.05, 3.63) is 35.4 Å². The van der Waals surface area contributed by atoms with Crippen molar-refractivity contribution < 1.29 is 19.4 Å². The van der Waals surface area contributed by atoms with E-state index >= 15 is 0 Å². The second-order valence-electron chi connectivity index (χ2n) is 3.54. The summed E-state index contributed by atoms with van der Waals surface area (Å²) in [5.74, 6) is -0.873. The summed E-state index contributed by atoms with van der Waals surface area (Å²) in [6.07, 6.45) is 0. The predicted molar refractivity (Wildman–Crippen MR) is 65.2 cm³/mol. The molecule has 0 aromatic heterocycles. The topological polar surface area (TPSA) is 102 Å². The molecule has 0 saturated heterocycles. The van der Waals surface area contributed by atoms with Crippen LogP contribution in [-0.2, 0) is 4.74 Å². The molecular formula is C12H16N2O4. The fourth-order valence-electron chi connectivity index (χ4n) is 1.32. The second kappa shape index (κ2) is 7.41. The van der Waals surface area contributed by atoms with Gasteiger partial charge >= 0.3 is 0 Å². The number of carbonyl (C=O) groups is 2. The lowest BCUT2D eigenvalue weighted by Gasteiger charge is -2.06. The smallest absolute Gasteiger partial charge is 0.251 e. The highest BCUT2D eigenvalue weighted by Gasteiger charge is 2.07. The van der Waals surface area contributed by atoms with Crippen LogP contribution in [0.3, 0.4) is 0 Å². The van der Waals surface area contributed by atoms with Crippen molar-refractivity contribution >= 4 is 11.8 Å². The third kappa shape index (κ3) is 4.52. The van der Waals surface area contributed by atoms with Crippen molar-refractivity contribution in [2.24, 2.45) is 5.73 Å². The molecule has 0 saturated carbocycles. The summed E-state index contributed by atoms with van der Waals surface area (Å²) in [5.41, 5.74) is 5.78. The molecule has 0 fully saturated rings. The predicted octanol–water partition coefficient (Wildman–Crippen LogP) is -0.476. The highest BCUT2D eigenvalue weighted by molar-refractivity contribution is 5.99. The fourth-order valence-corrected chi connectivity index (χ4v) is 1.32. The Morgan fingerprint density at radius 1 is 1.28 bits per heavy atom. The quantitative estimate of drug-likeness (QED) is 0.571. The van der Waals surface area contributed by atoms with Gasteiger partial charge in [-0.25, -0.2) is 0 Å². The molecule has 6 heteroatoms. The van der Waals surface area contributed by atoms with Gasteiger partial charge in [0.2, 0.25) is 5.91 Å². The number of ether oxygens (including phenoxy) is 1. The number of primary amides is 1. The van der Waals surface area contributed by atoms with Crippen LogP contribution in [0.4, 0.5) is 0 Å². The number of hydrogen-bond acceptors (Lipinski definition) is 4. The van der Waals surface area contributed by atoms with Crippen LogP contribution in [0.15, 0.2) is 24.3 Å². The van der Waals surface area contributed by atoms with Crippen LogP contribution in [-0.4, -0.2) is 43.3 Å². The number of nitrogens with one attached hydrogen (secondary N) is 1.